The van der Waals surface area contributed by atoms with Crippen LogP contribution >= 0.6 is 0 Å². The molecule has 3 rings (SSSR count). The standard InChI is InChI=1S/C23H30FN4O3.3C4H9.Sn/c1-16-15-27(22(29)31-23(3,4)5)11-12-28(16)21-25-14-19(24)20(26-21)30-17(2)13-18-9-7-6-8-10-18;3*1-3-4-2;/h6-7,9-10,14,16-17H,11-13,15H2,1-5H3;3*1,3-4H2,2H3;/t16-,17-;;;;/m1..../s1. The number of benzene rings is 1. The Kier molecular flexibility index (Phi) is 14.0. The predicted molar refractivity (Wildman–Crippen MR) is 181 cm³/mol. The van der Waals surface area contributed by atoms with E-state index in [1.807, 2.05) is 39.5 Å². The SMILES string of the molecule is CCC[CH2][Sn]([CH2]CCC)([CH2]CCC)[c]1cccc(C[C@@H](C)Oc2nc(N3CCN(C(=O)OC(C)(C)C)C[C@H]3C)ncc2F)c1. The molecule has 1 amide bonds. The van der Waals surface area contributed by atoms with Crippen LogP contribution in [0.15, 0.2) is 30.5 Å². The van der Waals surface area contributed by atoms with E-state index in [4.69, 9.17) is 9.47 Å². The van der Waals surface area contributed by atoms with Crippen molar-refractivity contribution in [1.82, 2.24) is 14.9 Å². The number of unbranched alkanes of at least 4 members (excludes halogenated alkanes) is 3. The van der Waals surface area contributed by atoms with Gasteiger partial charge in [0.15, 0.2) is 0 Å². The summed E-state index contributed by atoms with van der Waals surface area (Å²) in [6.07, 6.45) is 9.06. The van der Waals surface area contributed by atoms with Crippen LogP contribution in [-0.4, -0.2) is 76.7 Å². The Labute approximate surface area is 270 Å². The maximum atomic E-state index is 14.9. The molecule has 0 unspecified atom stereocenters. The number of hydrogen-bond donors (Lipinski definition) is 0. The van der Waals surface area contributed by atoms with Gasteiger partial charge in [0.2, 0.25) is 0 Å². The van der Waals surface area contributed by atoms with Crippen LogP contribution in [0.3, 0.4) is 0 Å². The fourth-order valence-electron chi connectivity index (χ4n) is 6.26. The number of carbonyl (C=O) groups is 1. The molecule has 0 saturated carbocycles. The molecule has 9 heteroatoms. The predicted octanol–water partition coefficient (Wildman–Crippen LogP) is 8.13. The summed E-state index contributed by atoms with van der Waals surface area (Å²) >= 11 is -2.55. The minimum atomic E-state index is -2.55. The average Bonchev–Trinajstić information content (AvgIpc) is 2.97. The molecule has 2 heterocycles. The first-order valence-electron chi connectivity index (χ1n) is 16.9. The monoisotopic (exact) mass is 720 g/mol. The molecular weight excluding hydrogens is 662 g/mol. The number of carbonyl (C=O) groups excluding carboxylic acids is 1. The van der Waals surface area contributed by atoms with Crippen molar-refractivity contribution in [1.29, 1.82) is 0 Å². The maximum absolute atomic E-state index is 14.9. The molecule has 1 aliphatic heterocycles. The number of piperazine rings is 1. The quantitative estimate of drug-likeness (QED) is 0.173. The molecule has 1 aliphatic rings. The number of amides is 1. The van der Waals surface area contributed by atoms with Crippen LogP contribution in [0, 0.1) is 5.82 Å². The van der Waals surface area contributed by atoms with Crippen LogP contribution in [0.5, 0.6) is 5.88 Å². The van der Waals surface area contributed by atoms with Gasteiger partial charge in [0, 0.05) is 0 Å². The third-order valence-electron chi connectivity index (χ3n) is 8.64. The van der Waals surface area contributed by atoms with Gasteiger partial charge in [-0.1, -0.05) is 0 Å². The third-order valence-corrected chi connectivity index (χ3v) is 24.2. The van der Waals surface area contributed by atoms with E-state index in [1.165, 1.54) is 63.6 Å². The van der Waals surface area contributed by atoms with Crippen molar-refractivity contribution in [3.8, 4) is 5.88 Å². The van der Waals surface area contributed by atoms with E-state index in [1.54, 1.807) is 8.48 Å². The number of anilines is 1. The Morgan fingerprint density at radius 2 is 1.70 bits per heavy atom. The number of aromatic nitrogens is 2. The van der Waals surface area contributed by atoms with Gasteiger partial charge >= 0.3 is 230 Å². The zero-order valence-electron chi connectivity index (χ0n) is 28.6. The average molecular weight is 720 g/mol. The third kappa shape index (κ3) is 10.5. The van der Waals surface area contributed by atoms with Gasteiger partial charge in [-0.3, -0.25) is 0 Å². The topological polar surface area (TPSA) is 67.8 Å². The molecule has 2 atom stereocenters. The summed E-state index contributed by atoms with van der Waals surface area (Å²) in [5.74, 6) is -0.181. The molecular formula is C35H57FN4O3Sn. The van der Waals surface area contributed by atoms with E-state index in [0.29, 0.717) is 32.0 Å². The second-order valence-electron chi connectivity index (χ2n) is 13.7. The van der Waals surface area contributed by atoms with Crippen molar-refractivity contribution in [3.05, 3.63) is 41.8 Å². The van der Waals surface area contributed by atoms with E-state index in [0.717, 1.165) is 0 Å². The molecule has 0 bridgehead atoms. The first-order valence-corrected chi connectivity index (χ1v) is 24.4. The molecule has 1 saturated heterocycles. The summed E-state index contributed by atoms with van der Waals surface area (Å²) in [4.78, 5) is 25.1. The first kappa shape index (κ1) is 36.4. The number of rotatable bonds is 15. The number of nitrogens with zero attached hydrogens (tertiary/aromatic N) is 4. The van der Waals surface area contributed by atoms with E-state index in [9.17, 15) is 9.18 Å². The van der Waals surface area contributed by atoms with Crippen LogP contribution in [0.25, 0.3) is 0 Å². The minimum absolute atomic E-state index is 0.0252. The van der Waals surface area contributed by atoms with Crippen molar-refractivity contribution < 1.29 is 18.7 Å². The molecule has 44 heavy (non-hydrogen) atoms. The molecule has 7 nitrogen and oxygen atoms in total. The van der Waals surface area contributed by atoms with Gasteiger partial charge in [-0.2, -0.15) is 0 Å². The molecule has 2 aromatic rings. The van der Waals surface area contributed by atoms with E-state index in [2.05, 4.69) is 55.0 Å². The Hall–Kier alpha value is -2.10. The number of halogens is 1. The normalized spacial score (nSPS) is 16.6. The molecule has 0 spiro atoms. The zero-order chi connectivity index (χ0) is 32.3. The van der Waals surface area contributed by atoms with Crippen LogP contribution in [0.1, 0.15) is 99.5 Å². The molecule has 0 aliphatic carbocycles. The van der Waals surface area contributed by atoms with Crippen molar-refractivity contribution in [3.63, 3.8) is 0 Å². The van der Waals surface area contributed by atoms with Gasteiger partial charge in [0.05, 0.1) is 0 Å². The Morgan fingerprint density at radius 1 is 1.07 bits per heavy atom. The summed E-state index contributed by atoms with van der Waals surface area (Å²) < 4.78 is 32.5. The van der Waals surface area contributed by atoms with Crippen LogP contribution < -0.4 is 13.2 Å². The molecule has 0 radical (unpaired) electrons. The number of ether oxygens (including phenoxy) is 2. The van der Waals surface area contributed by atoms with Crippen LogP contribution in [0.4, 0.5) is 15.1 Å². The Bertz CT molecular complexity index is 1170. The molecule has 1 aromatic heterocycles. The summed E-state index contributed by atoms with van der Waals surface area (Å²) in [7, 11) is 0. The second kappa shape index (κ2) is 17.0. The van der Waals surface area contributed by atoms with E-state index in [-0.39, 0.29) is 24.1 Å². The summed E-state index contributed by atoms with van der Waals surface area (Å²) in [6, 6.07) is 9.23. The van der Waals surface area contributed by atoms with Gasteiger partial charge in [-0.15, -0.1) is 0 Å². The van der Waals surface area contributed by atoms with Gasteiger partial charge in [-0.25, -0.2) is 4.79 Å². The van der Waals surface area contributed by atoms with Crippen molar-refractivity contribution in [2.24, 2.45) is 0 Å². The van der Waals surface area contributed by atoms with Crippen LogP contribution in [0.2, 0.25) is 13.3 Å². The van der Waals surface area contributed by atoms with Crippen molar-refractivity contribution in [2.45, 2.75) is 131 Å². The summed E-state index contributed by atoms with van der Waals surface area (Å²) in [5.41, 5.74) is 0.703. The van der Waals surface area contributed by atoms with Gasteiger partial charge < -0.3 is 9.64 Å². The molecule has 1 fully saturated rings. The van der Waals surface area contributed by atoms with Crippen molar-refractivity contribution >= 4 is 34.0 Å². The summed E-state index contributed by atoms with van der Waals surface area (Å²) in [5, 5.41) is 0. The summed E-state index contributed by atoms with van der Waals surface area (Å²) in [6.45, 7) is 18.0. The Morgan fingerprint density at radius 3 is 2.27 bits per heavy atom. The van der Waals surface area contributed by atoms with E-state index < -0.39 is 29.8 Å². The fourth-order valence-corrected chi connectivity index (χ4v) is 22.4. The molecule has 0 N–H and O–H groups in total. The van der Waals surface area contributed by atoms with Crippen LogP contribution in [-0.2, 0) is 11.2 Å². The molecule has 246 valence electrons. The fraction of sp³-hybridized carbons (Fsp3) is 0.686. The zero-order valence-corrected chi connectivity index (χ0v) is 31.5. The van der Waals surface area contributed by atoms with Gasteiger partial charge in [-0.05, 0) is 20.8 Å². The Balaban J connectivity index is 1.72. The van der Waals surface area contributed by atoms with E-state index >= 15 is 0 Å². The van der Waals surface area contributed by atoms with Crippen molar-refractivity contribution in [2.75, 3.05) is 24.5 Å². The van der Waals surface area contributed by atoms with Gasteiger partial charge in [0.25, 0.3) is 0 Å². The first-order chi connectivity index (χ1) is 20.9. The molecule has 1 aromatic carbocycles. The second-order valence-corrected chi connectivity index (χ2v) is 27.0. The number of hydrogen-bond acceptors (Lipinski definition) is 6. The van der Waals surface area contributed by atoms with Gasteiger partial charge in [0.1, 0.15) is 5.60 Å².